The molecule has 0 bridgehead atoms. The van der Waals surface area contributed by atoms with E-state index in [1.54, 1.807) is 36.3 Å². The van der Waals surface area contributed by atoms with Gasteiger partial charge in [0.25, 0.3) is 11.4 Å². The van der Waals surface area contributed by atoms with Crippen LogP contribution in [0, 0.1) is 0 Å². The fourth-order valence-electron chi connectivity index (χ4n) is 3.00. The summed E-state index contributed by atoms with van der Waals surface area (Å²) in [5, 5.41) is 13.9. The molecule has 9 nitrogen and oxygen atoms in total. The summed E-state index contributed by atoms with van der Waals surface area (Å²) in [5.74, 6) is 0.208. The van der Waals surface area contributed by atoms with Crippen LogP contribution >= 0.6 is 0 Å². The highest BCUT2D eigenvalue weighted by Crippen LogP contribution is 2.25. The number of benzene rings is 1. The lowest BCUT2D eigenvalue weighted by molar-refractivity contribution is 0.0661. The average molecular weight is 369 g/mol. The molecule has 140 valence electrons. The molecule has 0 aliphatic carbocycles. The summed E-state index contributed by atoms with van der Waals surface area (Å²) in [6, 6.07) is 7.56. The number of hydrogen-bond donors (Lipinski definition) is 1. The standard InChI is InChI=1S/C18H19N5O4/c1-18(2,25)17-20-15(27-21-17)13-14-16(24)22(8-9-26-3)11-6-4-5-7-12(11)23(14)10-19-13/h4-7,10,25H,8-9H2,1-3H3. The molecule has 0 aliphatic rings. The van der Waals surface area contributed by atoms with Gasteiger partial charge in [0.1, 0.15) is 17.4 Å². The smallest absolute Gasteiger partial charge is 0.279 e. The summed E-state index contributed by atoms with van der Waals surface area (Å²) in [6.45, 7) is 3.90. The molecular weight excluding hydrogens is 350 g/mol. The van der Waals surface area contributed by atoms with E-state index >= 15 is 0 Å². The molecule has 0 atom stereocenters. The van der Waals surface area contributed by atoms with E-state index in [1.807, 2.05) is 24.3 Å². The lowest BCUT2D eigenvalue weighted by atomic mass is 10.1. The number of aliphatic hydroxyl groups is 1. The summed E-state index contributed by atoms with van der Waals surface area (Å²) in [5.41, 5.74) is 0.711. The molecule has 0 radical (unpaired) electrons. The fourth-order valence-corrected chi connectivity index (χ4v) is 3.00. The Labute approximate surface area is 153 Å². The molecule has 4 aromatic rings. The number of nitrogens with zero attached hydrogens (tertiary/aromatic N) is 5. The minimum Gasteiger partial charge on any atom is -0.383 e. The van der Waals surface area contributed by atoms with E-state index in [-0.39, 0.29) is 23.0 Å². The van der Waals surface area contributed by atoms with Crippen LogP contribution in [0.4, 0.5) is 0 Å². The van der Waals surface area contributed by atoms with Crippen LogP contribution in [0.2, 0.25) is 0 Å². The van der Waals surface area contributed by atoms with E-state index in [1.165, 1.54) is 0 Å². The SMILES string of the molecule is COCCn1c(=O)c2c(-c3nc(C(C)(C)O)no3)ncn2c2ccccc21. The second kappa shape index (κ2) is 6.29. The zero-order valence-corrected chi connectivity index (χ0v) is 15.2. The molecule has 0 aliphatic heterocycles. The van der Waals surface area contributed by atoms with Crippen molar-refractivity contribution in [3.05, 3.63) is 46.8 Å². The summed E-state index contributed by atoms with van der Waals surface area (Å²) in [6.07, 6.45) is 1.56. The van der Waals surface area contributed by atoms with Crippen molar-refractivity contribution >= 4 is 16.6 Å². The molecule has 3 heterocycles. The van der Waals surface area contributed by atoms with E-state index in [0.717, 1.165) is 11.0 Å². The average Bonchev–Trinajstić information content (AvgIpc) is 3.28. The van der Waals surface area contributed by atoms with Gasteiger partial charge in [0.15, 0.2) is 5.69 Å². The van der Waals surface area contributed by atoms with E-state index in [9.17, 15) is 9.90 Å². The van der Waals surface area contributed by atoms with Crippen molar-refractivity contribution in [2.75, 3.05) is 13.7 Å². The van der Waals surface area contributed by atoms with Crippen molar-refractivity contribution < 1.29 is 14.4 Å². The Morgan fingerprint density at radius 2 is 2.00 bits per heavy atom. The molecule has 0 amide bonds. The van der Waals surface area contributed by atoms with Crippen molar-refractivity contribution in [3.63, 3.8) is 0 Å². The summed E-state index contributed by atoms with van der Waals surface area (Å²) >= 11 is 0. The summed E-state index contributed by atoms with van der Waals surface area (Å²) in [7, 11) is 1.59. The molecule has 3 aromatic heterocycles. The maximum Gasteiger partial charge on any atom is 0.279 e. The summed E-state index contributed by atoms with van der Waals surface area (Å²) < 4.78 is 13.8. The monoisotopic (exact) mass is 369 g/mol. The van der Waals surface area contributed by atoms with Crippen LogP contribution in [0.15, 0.2) is 39.9 Å². The Kier molecular flexibility index (Phi) is 4.05. The van der Waals surface area contributed by atoms with E-state index < -0.39 is 5.60 Å². The topological polar surface area (TPSA) is 108 Å². The Balaban J connectivity index is 2.00. The van der Waals surface area contributed by atoms with Gasteiger partial charge >= 0.3 is 0 Å². The van der Waals surface area contributed by atoms with Crippen LogP contribution in [-0.4, -0.2) is 42.9 Å². The lowest BCUT2D eigenvalue weighted by Gasteiger charge is -2.12. The van der Waals surface area contributed by atoms with Crippen LogP contribution < -0.4 is 5.56 Å². The number of methoxy groups -OCH3 is 1. The minimum absolute atomic E-state index is 0.0836. The Morgan fingerprint density at radius 3 is 2.67 bits per heavy atom. The Hall–Kier alpha value is -3.04. The van der Waals surface area contributed by atoms with Crippen LogP contribution in [0.3, 0.4) is 0 Å². The number of imidazole rings is 1. The number of rotatable bonds is 5. The Morgan fingerprint density at radius 1 is 1.26 bits per heavy atom. The van der Waals surface area contributed by atoms with Gasteiger partial charge in [0.05, 0.1) is 17.6 Å². The molecule has 0 unspecified atom stereocenters. The molecule has 1 aromatic carbocycles. The Bertz CT molecular complexity index is 1180. The molecule has 27 heavy (non-hydrogen) atoms. The first-order chi connectivity index (χ1) is 12.9. The summed E-state index contributed by atoms with van der Waals surface area (Å²) in [4.78, 5) is 21.8. The van der Waals surface area contributed by atoms with Gasteiger partial charge in [-0.1, -0.05) is 17.3 Å². The number of para-hydroxylation sites is 2. The number of fused-ring (bicyclic) bond motifs is 3. The first-order valence-electron chi connectivity index (χ1n) is 8.46. The van der Waals surface area contributed by atoms with Gasteiger partial charge < -0.3 is 18.9 Å². The highest BCUT2D eigenvalue weighted by atomic mass is 16.5. The van der Waals surface area contributed by atoms with E-state index in [0.29, 0.717) is 18.7 Å². The number of aromatic nitrogens is 5. The molecule has 9 heteroatoms. The molecule has 0 spiro atoms. The molecule has 0 saturated carbocycles. The molecule has 1 N–H and O–H groups in total. The molecular formula is C18H19N5O4. The van der Waals surface area contributed by atoms with Gasteiger partial charge in [-0.2, -0.15) is 4.98 Å². The van der Waals surface area contributed by atoms with E-state index in [4.69, 9.17) is 9.26 Å². The van der Waals surface area contributed by atoms with E-state index in [2.05, 4.69) is 15.1 Å². The first kappa shape index (κ1) is 17.4. The third-order valence-electron chi connectivity index (χ3n) is 4.34. The van der Waals surface area contributed by atoms with Crippen molar-refractivity contribution in [2.45, 2.75) is 26.0 Å². The predicted octanol–water partition coefficient (Wildman–Crippen LogP) is 1.57. The fraction of sp³-hybridized carbons (Fsp3) is 0.333. The largest absolute Gasteiger partial charge is 0.383 e. The van der Waals surface area contributed by atoms with Crippen LogP contribution in [0.25, 0.3) is 28.1 Å². The van der Waals surface area contributed by atoms with Crippen molar-refractivity contribution in [1.82, 2.24) is 24.1 Å². The quantitative estimate of drug-likeness (QED) is 0.569. The van der Waals surface area contributed by atoms with Crippen molar-refractivity contribution in [2.24, 2.45) is 0 Å². The second-order valence-corrected chi connectivity index (χ2v) is 6.73. The third-order valence-corrected chi connectivity index (χ3v) is 4.34. The normalized spacial score (nSPS) is 12.3. The van der Waals surface area contributed by atoms with Crippen molar-refractivity contribution in [3.8, 4) is 11.6 Å². The first-order valence-corrected chi connectivity index (χ1v) is 8.46. The highest BCUT2D eigenvalue weighted by Gasteiger charge is 2.26. The van der Waals surface area contributed by atoms with Crippen LogP contribution in [0.5, 0.6) is 0 Å². The number of ether oxygens (including phenoxy) is 1. The zero-order valence-electron chi connectivity index (χ0n) is 15.2. The van der Waals surface area contributed by atoms with Gasteiger partial charge in [0.2, 0.25) is 5.82 Å². The van der Waals surface area contributed by atoms with Gasteiger partial charge in [-0.25, -0.2) is 4.98 Å². The molecule has 0 fully saturated rings. The maximum atomic E-state index is 13.2. The lowest BCUT2D eigenvalue weighted by Crippen LogP contribution is -2.25. The van der Waals surface area contributed by atoms with Gasteiger partial charge in [-0.05, 0) is 26.0 Å². The maximum absolute atomic E-state index is 13.2. The molecule has 0 saturated heterocycles. The van der Waals surface area contributed by atoms with Gasteiger partial charge in [-0.15, -0.1) is 0 Å². The highest BCUT2D eigenvalue weighted by molar-refractivity contribution is 5.83. The number of hydrogen-bond acceptors (Lipinski definition) is 7. The van der Waals surface area contributed by atoms with Crippen molar-refractivity contribution in [1.29, 1.82) is 0 Å². The van der Waals surface area contributed by atoms with Crippen LogP contribution in [-0.2, 0) is 16.9 Å². The van der Waals surface area contributed by atoms with Crippen LogP contribution in [0.1, 0.15) is 19.7 Å². The third kappa shape index (κ3) is 2.81. The predicted molar refractivity (Wildman–Crippen MR) is 97.4 cm³/mol. The van der Waals surface area contributed by atoms with Gasteiger partial charge in [-0.3, -0.25) is 9.20 Å². The second-order valence-electron chi connectivity index (χ2n) is 6.73. The zero-order chi connectivity index (χ0) is 19.2. The molecule has 4 rings (SSSR count). The minimum atomic E-state index is -1.26. The van der Waals surface area contributed by atoms with Gasteiger partial charge in [0, 0.05) is 13.7 Å².